The minimum atomic E-state index is 0.455. The van der Waals surface area contributed by atoms with Gasteiger partial charge in [0, 0.05) is 5.69 Å². The summed E-state index contributed by atoms with van der Waals surface area (Å²) in [6, 6.07) is 15.7. The van der Waals surface area contributed by atoms with Crippen molar-refractivity contribution >= 4 is 28.7 Å². The molecule has 0 aliphatic rings. The fraction of sp³-hybridized carbons (Fsp3) is 0.176. The molecule has 0 spiro atoms. The normalized spacial score (nSPS) is 11.0. The van der Waals surface area contributed by atoms with Crippen LogP contribution in [0, 0.1) is 6.92 Å². The van der Waals surface area contributed by atoms with E-state index in [2.05, 4.69) is 15.8 Å². The number of rotatable bonds is 4. The van der Waals surface area contributed by atoms with Crippen LogP contribution in [0.3, 0.4) is 0 Å². The van der Waals surface area contributed by atoms with Crippen molar-refractivity contribution in [1.82, 2.24) is 5.43 Å². The van der Waals surface area contributed by atoms with Crippen molar-refractivity contribution in [3.8, 4) is 5.75 Å². The Morgan fingerprint density at radius 3 is 2.27 bits per heavy atom. The van der Waals surface area contributed by atoms with E-state index in [1.165, 1.54) is 5.56 Å². The third-order valence-electron chi connectivity index (χ3n) is 3.14. The predicted molar refractivity (Wildman–Crippen MR) is 95.7 cm³/mol. The van der Waals surface area contributed by atoms with Crippen LogP contribution in [0.25, 0.3) is 0 Å². The number of nitrogens with zero attached hydrogens (tertiary/aromatic N) is 1. The lowest BCUT2D eigenvalue weighted by Gasteiger charge is -2.08. The fourth-order valence-corrected chi connectivity index (χ4v) is 1.99. The maximum atomic E-state index is 5.23. The first kappa shape index (κ1) is 16.0. The number of benzene rings is 2. The van der Waals surface area contributed by atoms with Gasteiger partial charge in [-0.1, -0.05) is 17.7 Å². The quantitative estimate of drug-likeness (QED) is 0.513. The lowest BCUT2D eigenvalue weighted by atomic mass is 10.1. The van der Waals surface area contributed by atoms with E-state index in [9.17, 15) is 0 Å². The molecule has 0 bridgehead atoms. The molecule has 2 aromatic rings. The molecule has 4 nitrogen and oxygen atoms in total. The van der Waals surface area contributed by atoms with E-state index in [0.717, 1.165) is 22.7 Å². The van der Waals surface area contributed by atoms with E-state index >= 15 is 0 Å². The molecule has 2 N–H and O–H groups in total. The highest BCUT2D eigenvalue weighted by Gasteiger charge is 2.00. The number of aryl methyl sites for hydroxylation is 1. The Bertz CT molecular complexity index is 663. The number of nitrogens with one attached hydrogen (secondary N) is 2. The van der Waals surface area contributed by atoms with Gasteiger partial charge in [-0.3, -0.25) is 5.43 Å². The smallest absolute Gasteiger partial charge is 0.191 e. The van der Waals surface area contributed by atoms with Crippen molar-refractivity contribution in [3.63, 3.8) is 0 Å². The van der Waals surface area contributed by atoms with Crippen LogP contribution in [0.4, 0.5) is 5.69 Å². The van der Waals surface area contributed by atoms with Crippen LogP contribution < -0.4 is 15.5 Å². The van der Waals surface area contributed by atoms with Gasteiger partial charge in [0.05, 0.1) is 12.8 Å². The van der Waals surface area contributed by atoms with Crippen molar-refractivity contribution < 1.29 is 4.74 Å². The van der Waals surface area contributed by atoms with E-state index in [1.807, 2.05) is 62.4 Å². The van der Waals surface area contributed by atoms with E-state index in [-0.39, 0.29) is 0 Å². The molecule has 0 unspecified atom stereocenters. The van der Waals surface area contributed by atoms with Crippen molar-refractivity contribution in [2.24, 2.45) is 5.10 Å². The standard InChI is InChI=1S/C17H19N3OS/c1-12-4-8-15(9-5-12)18-17(22)20-19-13(2)14-6-10-16(21-3)11-7-14/h4-11H,1-3H3,(H2,18,20,22)/b19-13+. The molecule has 2 rings (SSSR count). The van der Waals surface area contributed by atoms with E-state index < -0.39 is 0 Å². The van der Waals surface area contributed by atoms with Gasteiger partial charge >= 0.3 is 0 Å². The largest absolute Gasteiger partial charge is 0.497 e. The molecule has 0 atom stereocenters. The van der Waals surface area contributed by atoms with Crippen molar-refractivity contribution in [1.29, 1.82) is 0 Å². The summed E-state index contributed by atoms with van der Waals surface area (Å²) in [6.45, 7) is 3.96. The molecular formula is C17H19N3OS. The Kier molecular flexibility index (Phi) is 5.49. The molecule has 114 valence electrons. The minimum absolute atomic E-state index is 0.455. The molecule has 0 aliphatic carbocycles. The zero-order chi connectivity index (χ0) is 15.9. The van der Waals surface area contributed by atoms with Gasteiger partial charge in [0.2, 0.25) is 0 Å². The molecule has 0 fully saturated rings. The minimum Gasteiger partial charge on any atom is -0.497 e. The van der Waals surface area contributed by atoms with Crippen LogP contribution in [0.2, 0.25) is 0 Å². The van der Waals surface area contributed by atoms with E-state index in [1.54, 1.807) is 7.11 Å². The molecule has 0 radical (unpaired) electrons. The third-order valence-corrected chi connectivity index (χ3v) is 3.34. The number of ether oxygens (including phenoxy) is 1. The van der Waals surface area contributed by atoms with Gasteiger partial charge in [0.15, 0.2) is 5.11 Å². The second-order valence-electron chi connectivity index (χ2n) is 4.86. The van der Waals surface area contributed by atoms with E-state index in [0.29, 0.717) is 5.11 Å². The fourth-order valence-electron chi connectivity index (χ4n) is 1.83. The number of hydrogen-bond donors (Lipinski definition) is 2. The second kappa shape index (κ2) is 7.56. The first-order valence-electron chi connectivity index (χ1n) is 6.91. The van der Waals surface area contributed by atoms with Crippen molar-refractivity contribution in [3.05, 3.63) is 59.7 Å². The number of hydrogen-bond acceptors (Lipinski definition) is 3. The van der Waals surface area contributed by atoms with Gasteiger partial charge in [-0.2, -0.15) is 5.10 Å². The summed E-state index contributed by atoms with van der Waals surface area (Å²) in [7, 11) is 1.65. The average molecular weight is 313 g/mol. The van der Waals surface area contributed by atoms with Crippen LogP contribution in [0.1, 0.15) is 18.1 Å². The van der Waals surface area contributed by atoms with Crippen LogP contribution in [-0.4, -0.2) is 17.9 Å². The summed E-state index contributed by atoms with van der Waals surface area (Å²) < 4.78 is 5.14. The highest BCUT2D eigenvalue weighted by molar-refractivity contribution is 7.80. The summed E-state index contributed by atoms with van der Waals surface area (Å²) in [6.07, 6.45) is 0. The lowest BCUT2D eigenvalue weighted by molar-refractivity contribution is 0.415. The molecule has 2 aromatic carbocycles. The summed E-state index contributed by atoms with van der Waals surface area (Å²) in [4.78, 5) is 0. The highest BCUT2D eigenvalue weighted by atomic mass is 32.1. The molecule has 5 heteroatoms. The molecule has 0 aromatic heterocycles. The summed E-state index contributed by atoms with van der Waals surface area (Å²) in [5.74, 6) is 0.820. The number of hydrazone groups is 1. The Morgan fingerprint density at radius 1 is 1.05 bits per heavy atom. The van der Waals surface area contributed by atoms with Crippen LogP contribution >= 0.6 is 12.2 Å². The monoisotopic (exact) mass is 313 g/mol. The summed E-state index contributed by atoms with van der Waals surface area (Å²) in [5.41, 5.74) is 6.84. The van der Waals surface area contributed by atoms with Gasteiger partial charge in [-0.15, -0.1) is 0 Å². The molecule has 0 heterocycles. The van der Waals surface area contributed by atoms with Crippen molar-refractivity contribution in [2.45, 2.75) is 13.8 Å². The van der Waals surface area contributed by atoms with Gasteiger partial charge in [-0.25, -0.2) is 0 Å². The molecule has 22 heavy (non-hydrogen) atoms. The van der Waals surface area contributed by atoms with Gasteiger partial charge in [0.1, 0.15) is 5.75 Å². The molecular weight excluding hydrogens is 294 g/mol. The number of thiocarbonyl (C=S) groups is 1. The first-order valence-corrected chi connectivity index (χ1v) is 7.31. The Labute approximate surface area is 136 Å². The van der Waals surface area contributed by atoms with E-state index in [4.69, 9.17) is 17.0 Å². The Morgan fingerprint density at radius 2 is 1.68 bits per heavy atom. The van der Waals surface area contributed by atoms with Crippen molar-refractivity contribution in [2.75, 3.05) is 12.4 Å². The number of methoxy groups -OCH3 is 1. The Hall–Kier alpha value is -2.40. The predicted octanol–water partition coefficient (Wildman–Crippen LogP) is 3.71. The van der Waals surface area contributed by atoms with Gasteiger partial charge in [-0.05, 0) is 68.0 Å². The molecule has 0 saturated carbocycles. The zero-order valence-corrected chi connectivity index (χ0v) is 13.7. The van der Waals surface area contributed by atoms with Crippen LogP contribution in [-0.2, 0) is 0 Å². The lowest BCUT2D eigenvalue weighted by Crippen LogP contribution is -2.24. The topological polar surface area (TPSA) is 45.6 Å². The third kappa shape index (κ3) is 4.56. The first-order chi connectivity index (χ1) is 10.6. The van der Waals surface area contributed by atoms with Crippen LogP contribution in [0.5, 0.6) is 5.75 Å². The molecule has 0 aliphatic heterocycles. The summed E-state index contributed by atoms with van der Waals surface area (Å²) in [5, 5.41) is 7.83. The highest BCUT2D eigenvalue weighted by Crippen LogP contribution is 2.12. The second-order valence-corrected chi connectivity index (χ2v) is 5.27. The maximum Gasteiger partial charge on any atom is 0.191 e. The van der Waals surface area contributed by atoms with Gasteiger partial charge < -0.3 is 10.1 Å². The number of anilines is 1. The zero-order valence-electron chi connectivity index (χ0n) is 12.9. The average Bonchev–Trinajstić information content (AvgIpc) is 2.55. The SMILES string of the molecule is COc1ccc(/C(C)=N/NC(=S)Nc2ccc(C)cc2)cc1. The Balaban J connectivity index is 1.94. The van der Waals surface area contributed by atoms with Crippen LogP contribution in [0.15, 0.2) is 53.6 Å². The van der Waals surface area contributed by atoms with Gasteiger partial charge in [0.25, 0.3) is 0 Å². The molecule has 0 amide bonds. The maximum absolute atomic E-state index is 5.23. The molecule has 0 saturated heterocycles. The summed E-state index contributed by atoms with van der Waals surface area (Å²) >= 11 is 5.23.